The van der Waals surface area contributed by atoms with E-state index in [1.54, 1.807) is 36.5 Å². The summed E-state index contributed by atoms with van der Waals surface area (Å²) in [7, 11) is -2.28. The molecule has 6 heteroatoms. The molecule has 3 atom stereocenters. The monoisotopic (exact) mass is 447 g/mol. The molecule has 1 fully saturated rings. The Kier molecular flexibility index (Phi) is 4.86. The van der Waals surface area contributed by atoms with Crippen LogP contribution < -0.4 is 0 Å². The number of aryl methyl sites for hydroxylation is 1. The zero-order valence-corrected chi connectivity index (χ0v) is 18.9. The van der Waals surface area contributed by atoms with Crippen LogP contribution in [0.5, 0.6) is 0 Å². The Morgan fingerprint density at radius 2 is 1.91 bits per heavy atom. The number of benzene rings is 2. The predicted molar refractivity (Wildman–Crippen MR) is 125 cm³/mol. The van der Waals surface area contributed by atoms with Gasteiger partial charge in [-0.2, -0.15) is 0 Å². The van der Waals surface area contributed by atoms with Gasteiger partial charge in [0.2, 0.25) is 0 Å². The van der Waals surface area contributed by atoms with Crippen LogP contribution in [0.4, 0.5) is 0 Å². The summed E-state index contributed by atoms with van der Waals surface area (Å²) >= 11 is 0. The molecule has 0 saturated heterocycles. The number of esters is 1. The van der Waals surface area contributed by atoms with Crippen molar-refractivity contribution in [2.24, 2.45) is 17.3 Å². The molecule has 0 N–H and O–H groups in total. The van der Waals surface area contributed by atoms with Crippen LogP contribution in [0.2, 0.25) is 0 Å². The standard InChI is InChI=1S/C26H25NO4S/c1-18-6-10-22(11-7-18)32(29,30)27-15-13-23-20(4-3-5-24(23)27)12-14-26(25(28)31-2)17-19-8-9-21(26)16-19/h3-15,19,21H,16-17H2,1-2H3/b14-12+/t19-,21+,26-/m0/s1. The van der Waals surface area contributed by atoms with Crippen LogP contribution >= 0.6 is 0 Å². The van der Waals surface area contributed by atoms with Crippen molar-refractivity contribution in [3.63, 3.8) is 0 Å². The van der Waals surface area contributed by atoms with Crippen molar-refractivity contribution in [3.05, 3.63) is 84.1 Å². The van der Waals surface area contributed by atoms with Gasteiger partial charge in [-0.25, -0.2) is 12.4 Å². The minimum absolute atomic E-state index is 0.141. The van der Waals surface area contributed by atoms with Crippen LogP contribution in [0.15, 0.2) is 77.9 Å². The number of carbonyl (C=O) groups excluding carboxylic acids is 1. The Balaban J connectivity index is 1.56. The fraction of sp³-hybridized carbons (Fsp3) is 0.269. The van der Waals surface area contributed by atoms with Gasteiger partial charge in [-0.1, -0.05) is 54.1 Å². The Hall–Kier alpha value is -3.12. The maximum atomic E-state index is 13.2. The maximum absolute atomic E-state index is 13.2. The lowest BCUT2D eigenvalue weighted by molar-refractivity contribution is -0.151. The van der Waals surface area contributed by atoms with E-state index < -0.39 is 15.4 Å². The maximum Gasteiger partial charge on any atom is 0.316 e. The second kappa shape index (κ2) is 7.48. The number of hydrogen-bond acceptors (Lipinski definition) is 4. The fourth-order valence-electron chi connectivity index (χ4n) is 5.16. The molecule has 0 spiro atoms. The molecule has 2 aliphatic carbocycles. The van der Waals surface area contributed by atoms with E-state index in [0.29, 0.717) is 11.4 Å². The molecule has 32 heavy (non-hydrogen) atoms. The minimum Gasteiger partial charge on any atom is -0.468 e. The molecule has 0 amide bonds. The Bertz CT molecular complexity index is 1360. The molecule has 0 aliphatic heterocycles. The van der Waals surface area contributed by atoms with Gasteiger partial charge in [0.15, 0.2) is 0 Å². The number of fused-ring (bicyclic) bond motifs is 3. The van der Waals surface area contributed by atoms with E-state index >= 15 is 0 Å². The quantitative estimate of drug-likeness (QED) is 0.410. The smallest absolute Gasteiger partial charge is 0.316 e. The summed E-state index contributed by atoms with van der Waals surface area (Å²) in [6.07, 6.45) is 11.5. The zero-order valence-electron chi connectivity index (χ0n) is 18.1. The van der Waals surface area contributed by atoms with Crippen molar-refractivity contribution in [3.8, 4) is 0 Å². The van der Waals surface area contributed by atoms with Crippen molar-refractivity contribution in [2.45, 2.75) is 24.7 Å². The molecule has 1 saturated carbocycles. The first-order valence-electron chi connectivity index (χ1n) is 10.7. The Morgan fingerprint density at radius 1 is 1.12 bits per heavy atom. The molecule has 1 heterocycles. The number of carbonyl (C=O) groups is 1. The molecule has 0 radical (unpaired) electrons. The Labute approximate surface area is 188 Å². The molecule has 3 aromatic rings. The number of rotatable bonds is 5. The van der Waals surface area contributed by atoms with Crippen LogP contribution in [0.25, 0.3) is 17.0 Å². The molecule has 2 bridgehead atoms. The number of allylic oxidation sites excluding steroid dienone is 2. The molecular weight excluding hydrogens is 422 g/mol. The second-order valence-electron chi connectivity index (χ2n) is 8.77. The van der Waals surface area contributed by atoms with Gasteiger partial charge in [0.1, 0.15) is 0 Å². The van der Waals surface area contributed by atoms with Crippen molar-refractivity contribution in [1.29, 1.82) is 0 Å². The summed E-state index contributed by atoms with van der Waals surface area (Å²) in [6, 6.07) is 14.2. The first kappa shape index (κ1) is 20.8. The van der Waals surface area contributed by atoms with E-state index in [9.17, 15) is 13.2 Å². The van der Waals surface area contributed by atoms with E-state index in [2.05, 4.69) is 12.2 Å². The van der Waals surface area contributed by atoms with Crippen molar-refractivity contribution >= 4 is 33.0 Å². The lowest BCUT2D eigenvalue weighted by Gasteiger charge is -2.29. The van der Waals surface area contributed by atoms with Gasteiger partial charge in [-0.15, -0.1) is 0 Å². The molecule has 5 rings (SSSR count). The number of methoxy groups -OCH3 is 1. The Morgan fingerprint density at radius 3 is 2.56 bits per heavy atom. The molecular formula is C26H25NO4S. The summed E-state index contributed by atoms with van der Waals surface area (Å²) in [5, 5.41) is 0.818. The largest absolute Gasteiger partial charge is 0.468 e. The average Bonchev–Trinajstić information content (AvgIpc) is 3.52. The van der Waals surface area contributed by atoms with Crippen molar-refractivity contribution in [2.75, 3.05) is 7.11 Å². The summed E-state index contributed by atoms with van der Waals surface area (Å²) < 4.78 is 33.0. The zero-order chi connectivity index (χ0) is 22.5. The summed E-state index contributed by atoms with van der Waals surface area (Å²) in [6.45, 7) is 1.92. The van der Waals surface area contributed by atoms with Crippen LogP contribution in [-0.4, -0.2) is 25.5 Å². The molecule has 0 unspecified atom stereocenters. The SMILES string of the molecule is COC(=O)[C@@]1(/C=C/c2cccc3c2ccn3S(=O)(=O)c2ccc(C)cc2)C[C@H]2C=C[C@@H]1C2. The van der Waals surface area contributed by atoms with Gasteiger partial charge < -0.3 is 4.74 Å². The lowest BCUT2D eigenvalue weighted by Crippen LogP contribution is -2.34. The summed E-state index contributed by atoms with van der Waals surface area (Å²) in [4.78, 5) is 13.0. The molecule has 164 valence electrons. The third kappa shape index (κ3) is 3.13. The first-order valence-corrected chi connectivity index (χ1v) is 12.2. The van der Waals surface area contributed by atoms with Gasteiger partial charge in [0.25, 0.3) is 10.0 Å². The number of aromatic nitrogens is 1. The van der Waals surface area contributed by atoms with Crippen LogP contribution in [0.1, 0.15) is 24.0 Å². The number of hydrogen-bond donors (Lipinski definition) is 0. The van der Waals surface area contributed by atoms with Gasteiger partial charge in [-0.3, -0.25) is 4.79 Å². The van der Waals surface area contributed by atoms with E-state index in [-0.39, 0.29) is 16.8 Å². The highest BCUT2D eigenvalue weighted by Crippen LogP contribution is 2.54. The molecule has 2 aliphatic rings. The van der Waals surface area contributed by atoms with E-state index in [4.69, 9.17) is 4.74 Å². The minimum atomic E-state index is -3.71. The highest BCUT2D eigenvalue weighted by atomic mass is 32.2. The third-order valence-electron chi connectivity index (χ3n) is 6.87. The average molecular weight is 448 g/mol. The molecule has 2 aromatic carbocycles. The first-order chi connectivity index (χ1) is 15.3. The topological polar surface area (TPSA) is 65.4 Å². The summed E-state index contributed by atoms with van der Waals surface area (Å²) in [5.74, 6) is 0.333. The highest BCUT2D eigenvalue weighted by Gasteiger charge is 2.52. The molecule has 5 nitrogen and oxygen atoms in total. The summed E-state index contributed by atoms with van der Waals surface area (Å²) in [5.41, 5.74) is 1.82. The van der Waals surface area contributed by atoms with E-state index in [1.165, 1.54) is 11.1 Å². The molecule has 1 aromatic heterocycles. The van der Waals surface area contributed by atoms with Gasteiger partial charge in [-0.05, 0) is 61.4 Å². The fourth-order valence-corrected chi connectivity index (χ4v) is 6.51. The predicted octanol–water partition coefficient (Wildman–Crippen LogP) is 4.96. The number of nitrogens with zero attached hydrogens (tertiary/aromatic N) is 1. The number of ether oxygens (including phenoxy) is 1. The van der Waals surface area contributed by atoms with Gasteiger partial charge in [0, 0.05) is 11.6 Å². The second-order valence-corrected chi connectivity index (χ2v) is 10.6. The highest BCUT2D eigenvalue weighted by molar-refractivity contribution is 7.90. The van der Waals surface area contributed by atoms with Gasteiger partial charge in [0.05, 0.1) is 22.9 Å². The van der Waals surface area contributed by atoms with Crippen LogP contribution in [0.3, 0.4) is 0 Å². The van der Waals surface area contributed by atoms with Crippen LogP contribution in [-0.2, 0) is 19.6 Å². The van der Waals surface area contributed by atoms with Crippen molar-refractivity contribution < 1.29 is 17.9 Å². The van der Waals surface area contributed by atoms with E-state index in [0.717, 1.165) is 29.4 Å². The lowest BCUT2D eigenvalue weighted by atomic mass is 9.75. The normalized spacial score (nSPS) is 24.6. The van der Waals surface area contributed by atoms with Gasteiger partial charge >= 0.3 is 5.97 Å². The third-order valence-corrected chi connectivity index (χ3v) is 8.57. The van der Waals surface area contributed by atoms with Crippen molar-refractivity contribution in [1.82, 2.24) is 3.97 Å². The van der Waals surface area contributed by atoms with E-state index in [1.807, 2.05) is 37.3 Å². The van der Waals surface area contributed by atoms with Crippen LogP contribution in [0, 0.1) is 24.2 Å².